The molecular formula is C17H23ClN2O. The fourth-order valence-corrected chi connectivity index (χ4v) is 3.15. The van der Waals surface area contributed by atoms with E-state index in [2.05, 4.69) is 9.80 Å². The Morgan fingerprint density at radius 3 is 2.38 bits per heavy atom. The molecular weight excluding hydrogens is 284 g/mol. The molecule has 0 N–H and O–H groups in total. The number of Topliss-reactive ketones (excluding diaryl/α,β-unsaturated/α-hetero) is 1. The van der Waals surface area contributed by atoms with Gasteiger partial charge in [0.2, 0.25) is 0 Å². The first-order valence-corrected chi connectivity index (χ1v) is 8.27. The smallest absolute Gasteiger partial charge is 0.179 e. The zero-order chi connectivity index (χ0) is 14.8. The van der Waals surface area contributed by atoms with E-state index in [-0.39, 0.29) is 11.8 Å². The molecule has 3 rings (SSSR count). The van der Waals surface area contributed by atoms with E-state index in [0.29, 0.717) is 5.02 Å². The molecule has 1 saturated heterocycles. The van der Waals surface area contributed by atoms with Crippen LogP contribution in [0.4, 0.5) is 0 Å². The van der Waals surface area contributed by atoms with Gasteiger partial charge < -0.3 is 4.90 Å². The van der Waals surface area contributed by atoms with Crippen molar-refractivity contribution in [3.8, 4) is 0 Å². The van der Waals surface area contributed by atoms with Gasteiger partial charge in [-0.05, 0) is 49.9 Å². The molecule has 3 nitrogen and oxygen atoms in total. The van der Waals surface area contributed by atoms with Crippen molar-refractivity contribution < 1.29 is 4.79 Å². The molecule has 0 aromatic heterocycles. The summed E-state index contributed by atoms with van der Waals surface area (Å²) in [6.45, 7) is 7.45. The Kier molecular flexibility index (Phi) is 4.63. The molecule has 2 aliphatic rings. The Morgan fingerprint density at radius 1 is 1.19 bits per heavy atom. The van der Waals surface area contributed by atoms with Gasteiger partial charge in [0.05, 0.1) is 6.04 Å². The molecule has 2 fully saturated rings. The lowest BCUT2D eigenvalue weighted by Crippen LogP contribution is -2.52. The summed E-state index contributed by atoms with van der Waals surface area (Å²) < 4.78 is 0. The highest BCUT2D eigenvalue weighted by molar-refractivity contribution is 6.30. The maximum absolute atomic E-state index is 12.5. The molecule has 1 saturated carbocycles. The topological polar surface area (TPSA) is 23.6 Å². The normalized spacial score (nSPS) is 22.2. The van der Waals surface area contributed by atoms with E-state index >= 15 is 0 Å². The number of hydrogen-bond donors (Lipinski definition) is 0. The molecule has 114 valence electrons. The molecule has 0 bridgehead atoms. The Balaban J connectivity index is 1.54. The Bertz CT molecular complexity index is 490. The molecule has 4 heteroatoms. The SMILES string of the molecule is CC(C(=O)c1ccc(Cl)cc1)N1CCN(CC2CC2)CC1. The average molecular weight is 307 g/mol. The molecule has 1 aromatic rings. The van der Waals surface area contributed by atoms with Gasteiger partial charge in [0.1, 0.15) is 0 Å². The van der Waals surface area contributed by atoms with E-state index in [1.807, 2.05) is 19.1 Å². The maximum Gasteiger partial charge on any atom is 0.179 e. The minimum atomic E-state index is -0.0470. The molecule has 1 aliphatic carbocycles. The number of nitrogens with zero attached hydrogens (tertiary/aromatic N) is 2. The van der Waals surface area contributed by atoms with E-state index in [9.17, 15) is 4.79 Å². The quantitative estimate of drug-likeness (QED) is 0.782. The van der Waals surface area contributed by atoms with Crippen LogP contribution in [-0.2, 0) is 0 Å². The summed E-state index contributed by atoms with van der Waals surface area (Å²) >= 11 is 5.88. The van der Waals surface area contributed by atoms with Crippen LogP contribution in [-0.4, -0.2) is 54.3 Å². The van der Waals surface area contributed by atoms with Gasteiger partial charge in [-0.3, -0.25) is 9.69 Å². The summed E-state index contributed by atoms with van der Waals surface area (Å²) in [5, 5.41) is 0.674. The molecule has 1 aromatic carbocycles. The predicted molar refractivity (Wildman–Crippen MR) is 86.0 cm³/mol. The van der Waals surface area contributed by atoms with E-state index < -0.39 is 0 Å². The number of carbonyl (C=O) groups is 1. The van der Waals surface area contributed by atoms with Gasteiger partial charge in [0, 0.05) is 43.3 Å². The van der Waals surface area contributed by atoms with Crippen molar-refractivity contribution in [3.05, 3.63) is 34.9 Å². The van der Waals surface area contributed by atoms with Crippen molar-refractivity contribution >= 4 is 17.4 Å². The van der Waals surface area contributed by atoms with Crippen LogP contribution in [0.15, 0.2) is 24.3 Å². The molecule has 0 radical (unpaired) electrons. The third kappa shape index (κ3) is 3.85. The standard InChI is InChI=1S/C17H23ClN2O/c1-13(17(21)15-4-6-16(18)7-5-15)20-10-8-19(9-11-20)12-14-2-3-14/h4-7,13-14H,2-3,8-12H2,1H3. The molecule has 0 spiro atoms. The molecule has 21 heavy (non-hydrogen) atoms. The monoisotopic (exact) mass is 306 g/mol. The predicted octanol–water partition coefficient (Wildman–Crippen LogP) is 2.94. The van der Waals surface area contributed by atoms with Crippen LogP contribution in [0.5, 0.6) is 0 Å². The van der Waals surface area contributed by atoms with Crippen molar-refractivity contribution in [2.75, 3.05) is 32.7 Å². The summed E-state index contributed by atoms with van der Waals surface area (Å²) in [6, 6.07) is 7.17. The molecule has 1 unspecified atom stereocenters. The lowest BCUT2D eigenvalue weighted by atomic mass is 10.0. The van der Waals surface area contributed by atoms with Crippen LogP contribution in [0.25, 0.3) is 0 Å². The highest BCUT2D eigenvalue weighted by Crippen LogP contribution is 2.30. The number of halogens is 1. The fourth-order valence-electron chi connectivity index (χ4n) is 3.02. The highest BCUT2D eigenvalue weighted by atomic mass is 35.5. The van der Waals surface area contributed by atoms with Crippen molar-refractivity contribution in [3.63, 3.8) is 0 Å². The molecule has 0 amide bonds. The van der Waals surface area contributed by atoms with Crippen molar-refractivity contribution in [2.45, 2.75) is 25.8 Å². The molecule has 1 aliphatic heterocycles. The van der Waals surface area contributed by atoms with Crippen LogP contribution < -0.4 is 0 Å². The van der Waals surface area contributed by atoms with Crippen LogP contribution in [0.1, 0.15) is 30.1 Å². The third-order valence-electron chi connectivity index (χ3n) is 4.68. The van der Waals surface area contributed by atoms with Gasteiger partial charge in [-0.25, -0.2) is 0 Å². The summed E-state index contributed by atoms with van der Waals surface area (Å²) in [5.41, 5.74) is 0.757. The third-order valence-corrected chi connectivity index (χ3v) is 4.93. The number of piperazine rings is 1. The Hall–Kier alpha value is -0.900. The van der Waals surface area contributed by atoms with Crippen molar-refractivity contribution in [1.82, 2.24) is 9.80 Å². The van der Waals surface area contributed by atoms with Crippen LogP contribution in [0.2, 0.25) is 5.02 Å². The van der Waals surface area contributed by atoms with Crippen molar-refractivity contribution in [2.24, 2.45) is 5.92 Å². The van der Waals surface area contributed by atoms with Gasteiger partial charge in [-0.15, -0.1) is 0 Å². The first-order chi connectivity index (χ1) is 10.1. The van der Waals surface area contributed by atoms with Gasteiger partial charge in [0.25, 0.3) is 0 Å². The second kappa shape index (κ2) is 6.47. The van der Waals surface area contributed by atoms with E-state index in [4.69, 9.17) is 11.6 Å². The maximum atomic E-state index is 12.5. The largest absolute Gasteiger partial charge is 0.301 e. The summed E-state index contributed by atoms with van der Waals surface area (Å²) in [6.07, 6.45) is 2.82. The summed E-state index contributed by atoms with van der Waals surface area (Å²) in [4.78, 5) is 17.4. The second-order valence-electron chi connectivity index (χ2n) is 6.33. The van der Waals surface area contributed by atoms with Crippen LogP contribution in [0, 0.1) is 5.92 Å². The molecule has 1 heterocycles. The number of rotatable bonds is 5. The summed E-state index contributed by atoms with van der Waals surface area (Å²) in [5.74, 6) is 1.15. The van der Waals surface area contributed by atoms with E-state index in [1.54, 1.807) is 12.1 Å². The number of ketones is 1. The number of carbonyl (C=O) groups excluding carboxylic acids is 1. The lowest BCUT2D eigenvalue weighted by Gasteiger charge is -2.37. The first kappa shape index (κ1) is 15.0. The minimum Gasteiger partial charge on any atom is -0.301 e. The second-order valence-corrected chi connectivity index (χ2v) is 6.76. The Morgan fingerprint density at radius 2 is 1.81 bits per heavy atom. The minimum absolute atomic E-state index is 0.0470. The van der Waals surface area contributed by atoms with Crippen molar-refractivity contribution in [1.29, 1.82) is 0 Å². The van der Waals surface area contributed by atoms with Gasteiger partial charge in [-0.1, -0.05) is 11.6 Å². The first-order valence-electron chi connectivity index (χ1n) is 7.89. The lowest BCUT2D eigenvalue weighted by molar-refractivity contribution is 0.0692. The zero-order valence-corrected chi connectivity index (χ0v) is 13.4. The zero-order valence-electron chi connectivity index (χ0n) is 12.6. The van der Waals surface area contributed by atoms with Crippen LogP contribution >= 0.6 is 11.6 Å². The van der Waals surface area contributed by atoms with E-state index in [0.717, 1.165) is 37.7 Å². The van der Waals surface area contributed by atoms with Gasteiger partial charge >= 0.3 is 0 Å². The summed E-state index contributed by atoms with van der Waals surface area (Å²) in [7, 11) is 0. The fraction of sp³-hybridized carbons (Fsp3) is 0.588. The average Bonchev–Trinajstić information content (AvgIpc) is 3.31. The number of benzene rings is 1. The van der Waals surface area contributed by atoms with Crippen LogP contribution in [0.3, 0.4) is 0 Å². The Labute approximate surface area is 131 Å². The van der Waals surface area contributed by atoms with E-state index in [1.165, 1.54) is 19.4 Å². The molecule has 1 atom stereocenters. The highest BCUT2D eigenvalue weighted by Gasteiger charge is 2.29. The van der Waals surface area contributed by atoms with Gasteiger partial charge in [-0.2, -0.15) is 0 Å². The number of hydrogen-bond acceptors (Lipinski definition) is 3. The van der Waals surface area contributed by atoms with Gasteiger partial charge in [0.15, 0.2) is 5.78 Å².